The molecule has 1 aliphatic rings. The molecule has 1 fully saturated rings. The largest absolute Gasteiger partial charge is 0.299 e. The number of rotatable bonds is 2. The number of likely N-dealkylation sites (tertiary alicyclic amines) is 1. The molecule has 0 radical (unpaired) electrons. The fraction of sp³-hybridized carbons (Fsp3) is 0.417. The van der Waals surface area contributed by atoms with Gasteiger partial charge in [0.2, 0.25) is 0 Å². The summed E-state index contributed by atoms with van der Waals surface area (Å²) in [6.07, 6.45) is 2.39. The van der Waals surface area contributed by atoms with Crippen LogP contribution in [0.2, 0.25) is 0 Å². The van der Waals surface area contributed by atoms with Crippen LogP contribution in [0, 0.1) is 17.1 Å². The lowest BCUT2D eigenvalue weighted by Crippen LogP contribution is -2.19. The number of hydrogen-bond donors (Lipinski definition) is 0. The highest BCUT2D eigenvalue weighted by Crippen LogP contribution is 2.16. The van der Waals surface area contributed by atoms with Gasteiger partial charge in [0, 0.05) is 12.1 Å². The Labute approximate surface area is 88.9 Å². The molecule has 2 rings (SSSR count). The van der Waals surface area contributed by atoms with Crippen LogP contribution in [0.1, 0.15) is 24.0 Å². The van der Waals surface area contributed by atoms with Crippen molar-refractivity contribution in [3.8, 4) is 6.07 Å². The maximum absolute atomic E-state index is 13.4. The number of benzene rings is 1. The van der Waals surface area contributed by atoms with Crippen LogP contribution in [0.4, 0.5) is 4.39 Å². The first-order valence-electron chi connectivity index (χ1n) is 5.20. The molecule has 0 atom stereocenters. The standard InChI is InChI=1S/C12H13FN2/c13-12-4-3-10(8-14)7-11(12)9-15-5-1-2-6-15/h3-4,7H,1-2,5-6,9H2. The van der Waals surface area contributed by atoms with E-state index in [1.165, 1.54) is 25.0 Å². The molecule has 0 aromatic heterocycles. The second-order valence-electron chi connectivity index (χ2n) is 3.90. The summed E-state index contributed by atoms with van der Waals surface area (Å²) < 4.78 is 13.4. The number of nitrogens with zero attached hydrogens (tertiary/aromatic N) is 2. The Hall–Kier alpha value is -1.40. The Balaban J connectivity index is 2.15. The maximum Gasteiger partial charge on any atom is 0.127 e. The van der Waals surface area contributed by atoms with E-state index in [1.54, 1.807) is 6.07 Å². The lowest BCUT2D eigenvalue weighted by molar-refractivity contribution is 0.325. The normalized spacial score (nSPS) is 16.5. The molecule has 1 aromatic carbocycles. The van der Waals surface area contributed by atoms with Gasteiger partial charge in [0.1, 0.15) is 5.82 Å². The van der Waals surface area contributed by atoms with E-state index in [0.29, 0.717) is 17.7 Å². The highest BCUT2D eigenvalue weighted by Gasteiger charge is 2.14. The van der Waals surface area contributed by atoms with Crippen LogP contribution in [0.3, 0.4) is 0 Å². The molecule has 1 saturated heterocycles. The maximum atomic E-state index is 13.4. The molecular formula is C12H13FN2. The van der Waals surface area contributed by atoms with Crippen molar-refractivity contribution in [3.05, 3.63) is 35.1 Å². The quantitative estimate of drug-likeness (QED) is 0.739. The minimum Gasteiger partial charge on any atom is -0.299 e. The first-order chi connectivity index (χ1) is 7.29. The average Bonchev–Trinajstić information content (AvgIpc) is 2.74. The summed E-state index contributed by atoms with van der Waals surface area (Å²) in [7, 11) is 0. The molecule has 2 nitrogen and oxygen atoms in total. The van der Waals surface area contributed by atoms with E-state index >= 15 is 0 Å². The SMILES string of the molecule is N#Cc1ccc(F)c(CN2CCCC2)c1. The Bertz CT molecular complexity index is 389. The summed E-state index contributed by atoms with van der Waals surface area (Å²) in [5.74, 6) is -0.207. The van der Waals surface area contributed by atoms with Gasteiger partial charge in [0.05, 0.1) is 11.6 Å². The van der Waals surface area contributed by atoms with Gasteiger partial charge in [0.15, 0.2) is 0 Å². The van der Waals surface area contributed by atoms with Gasteiger partial charge in [-0.2, -0.15) is 5.26 Å². The fourth-order valence-corrected chi connectivity index (χ4v) is 1.95. The van der Waals surface area contributed by atoms with E-state index in [9.17, 15) is 4.39 Å². The zero-order chi connectivity index (χ0) is 10.7. The van der Waals surface area contributed by atoms with E-state index < -0.39 is 0 Å². The Morgan fingerprint density at radius 1 is 1.33 bits per heavy atom. The third-order valence-electron chi connectivity index (χ3n) is 2.77. The van der Waals surface area contributed by atoms with Crippen LogP contribution in [-0.4, -0.2) is 18.0 Å². The van der Waals surface area contributed by atoms with Gasteiger partial charge in [0.25, 0.3) is 0 Å². The summed E-state index contributed by atoms with van der Waals surface area (Å²) in [5, 5.41) is 8.73. The second kappa shape index (κ2) is 4.41. The molecule has 78 valence electrons. The van der Waals surface area contributed by atoms with Crippen LogP contribution < -0.4 is 0 Å². The number of hydrogen-bond acceptors (Lipinski definition) is 2. The summed E-state index contributed by atoms with van der Waals surface area (Å²) in [6.45, 7) is 2.70. The van der Waals surface area contributed by atoms with Gasteiger partial charge in [-0.25, -0.2) is 4.39 Å². The molecule has 0 saturated carbocycles. The van der Waals surface area contributed by atoms with E-state index in [2.05, 4.69) is 4.90 Å². The smallest absolute Gasteiger partial charge is 0.127 e. The van der Waals surface area contributed by atoms with Gasteiger partial charge in [-0.3, -0.25) is 4.90 Å². The van der Waals surface area contributed by atoms with Gasteiger partial charge in [-0.05, 0) is 44.1 Å². The first-order valence-corrected chi connectivity index (χ1v) is 5.20. The monoisotopic (exact) mass is 204 g/mol. The van der Waals surface area contributed by atoms with Crippen molar-refractivity contribution in [2.24, 2.45) is 0 Å². The predicted octanol–water partition coefficient (Wildman–Crippen LogP) is 2.29. The van der Waals surface area contributed by atoms with Crippen molar-refractivity contribution in [2.45, 2.75) is 19.4 Å². The predicted molar refractivity (Wildman–Crippen MR) is 55.6 cm³/mol. The molecule has 0 aliphatic carbocycles. The van der Waals surface area contributed by atoms with E-state index in [0.717, 1.165) is 13.1 Å². The van der Waals surface area contributed by atoms with Crippen molar-refractivity contribution in [1.82, 2.24) is 4.90 Å². The van der Waals surface area contributed by atoms with Gasteiger partial charge >= 0.3 is 0 Å². The Morgan fingerprint density at radius 3 is 2.73 bits per heavy atom. The van der Waals surface area contributed by atoms with Crippen LogP contribution in [-0.2, 0) is 6.54 Å². The minimum absolute atomic E-state index is 0.207. The van der Waals surface area contributed by atoms with E-state index in [-0.39, 0.29) is 5.82 Å². The van der Waals surface area contributed by atoms with E-state index in [1.807, 2.05) is 6.07 Å². The number of nitriles is 1. The first kappa shape index (κ1) is 10.1. The molecular weight excluding hydrogens is 191 g/mol. The van der Waals surface area contributed by atoms with Crippen LogP contribution in [0.15, 0.2) is 18.2 Å². The summed E-state index contributed by atoms with van der Waals surface area (Å²) in [6, 6.07) is 6.58. The molecule has 0 bridgehead atoms. The van der Waals surface area contributed by atoms with Crippen LogP contribution in [0.25, 0.3) is 0 Å². The molecule has 0 unspecified atom stereocenters. The molecule has 0 spiro atoms. The van der Waals surface area contributed by atoms with Crippen molar-refractivity contribution in [2.75, 3.05) is 13.1 Å². The molecule has 1 aliphatic heterocycles. The minimum atomic E-state index is -0.207. The molecule has 1 aromatic rings. The summed E-state index contributed by atoms with van der Waals surface area (Å²) in [5.41, 5.74) is 1.17. The Morgan fingerprint density at radius 2 is 2.07 bits per heavy atom. The van der Waals surface area contributed by atoms with Gasteiger partial charge in [-0.15, -0.1) is 0 Å². The molecule has 3 heteroatoms. The molecule has 0 amide bonds. The van der Waals surface area contributed by atoms with Gasteiger partial charge < -0.3 is 0 Å². The second-order valence-corrected chi connectivity index (χ2v) is 3.90. The van der Waals surface area contributed by atoms with Gasteiger partial charge in [-0.1, -0.05) is 0 Å². The lowest BCUT2D eigenvalue weighted by atomic mass is 10.1. The van der Waals surface area contributed by atoms with E-state index in [4.69, 9.17) is 5.26 Å². The highest BCUT2D eigenvalue weighted by atomic mass is 19.1. The van der Waals surface area contributed by atoms with Crippen molar-refractivity contribution < 1.29 is 4.39 Å². The van der Waals surface area contributed by atoms with Crippen molar-refractivity contribution >= 4 is 0 Å². The topological polar surface area (TPSA) is 27.0 Å². The molecule has 15 heavy (non-hydrogen) atoms. The van der Waals surface area contributed by atoms with Crippen LogP contribution in [0.5, 0.6) is 0 Å². The van der Waals surface area contributed by atoms with Crippen molar-refractivity contribution in [3.63, 3.8) is 0 Å². The summed E-state index contributed by atoms with van der Waals surface area (Å²) >= 11 is 0. The van der Waals surface area contributed by atoms with Crippen molar-refractivity contribution in [1.29, 1.82) is 5.26 Å². The molecule has 1 heterocycles. The zero-order valence-corrected chi connectivity index (χ0v) is 8.54. The highest BCUT2D eigenvalue weighted by molar-refractivity contribution is 5.33. The number of halogens is 1. The Kier molecular flexibility index (Phi) is 2.98. The molecule has 0 N–H and O–H groups in total. The lowest BCUT2D eigenvalue weighted by Gasteiger charge is -2.14. The summed E-state index contributed by atoms with van der Waals surface area (Å²) in [4.78, 5) is 2.22. The third-order valence-corrected chi connectivity index (χ3v) is 2.77. The fourth-order valence-electron chi connectivity index (χ4n) is 1.95. The van der Waals surface area contributed by atoms with Crippen LogP contribution >= 0.6 is 0 Å². The average molecular weight is 204 g/mol. The third kappa shape index (κ3) is 2.34. The zero-order valence-electron chi connectivity index (χ0n) is 8.54.